The van der Waals surface area contributed by atoms with Gasteiger partial charge < -0.3 is 4.90 Å². The first-order valence-corrected chi connectivity index (χ1v) is 6.51. The summed E-state index contributed by atoms with van der Waals surface area (Å²) in [4.78, 5) is 18.1. The molecule has 0 bridgehead atoms. The predicted molar refractivity (Wildman–Crippen MR) is 68.6 cm³/mol. The fraction of sp³-hybridized carbons (Fsp3) is 0.500. The number of hydrogen-bond acceptors (Lipinski definition) is 2. The summed E-state index contributed by atoms with van der Waals surface area (Å²) in [5.41, 5.74) is 0.451. The summed E-state index contributed by atoms with van der Waals surface area (Å²) in [6.07, 6.45) is 4.52. The number of aromatic nitrogens is 1. The summed E-state index contributed by atoms with van der Waals surface area (Å²) in [5.74, 6) is -0.0383. The molecule has 1 aliphatic heterocycles. The summed E-state index contributed by atoms with van der Waals surface area (Å²) in [6.45, 7) is 2.89. The molecule has 1 amide bonds. The molecular weight excluding hydrogens is 259 g/mol. The number of carbonyl (C=O) groups excluding carboxylic acids is 1. The lowest BCUT2D eigenvalue weighted by molar-refractivity contribution is 0.0734. The van der Waals surface area contributed by atoms with Crippen molar-refractivity contribution in [2.45, 2.75) is 32.2 Å². The molecule has 1 aliphatic rings. The van der Waals surface area contributed by atoms with Gasteiger partial charge in [0.2, 0.25) is 0 Å². The molecule has 1 aromatic rings. The fourth-order valence-corrected chi connectivity index (χ4v) is 2.60. The summed E-state index contributed by atoms with van der Waals surface area (Å²) < 4.78 is 0. The van der Waals surface area contributed by atoms with Crippen molar-refractivity contribution in [1.82, 2.24) is 9.88 Å². The topological polar surface area (TPSA) is 33.2 Å². The molecule has 1 aromatic heterocycles. The van der Waals surface area contributed by atoms with E-state index < -0.39 is 0 Å². The van der Waals surface area contributed by atoms with E-state index in [1.165, 1.54) is 12.3 Å². The van der Waals surface area contributed by atoms with Crippen LogP contribution in [0.1, 0.15) is 36.5 Å². The standard InChI is InChI=1S/C12H14Cl2N2O/c1-2-8-4-3-5-16(8)12(17)9-6-11(14)15-7-10(9)13/h6-8H,2-5H2,1H3. The van der Waals surface area contributed by atoms with Crippen molar-refractivity contribution < 1.29 is 4.79 Å². The van der Waals surface area contributed by atoms with Gasteiger partial charge in [0.15, 0.2) is 0 Å². The third-order valence-corrected chi connectivity index (χ3v) is 3.67. The molecule has 1 saturated heterocycles. The van der Waals surface area contributed by atoms with Gasteiger partial charge in [-0.3, -0.25) is 4.79 Å². The van der Waals surface area contributed by atoms with Crippen molar-refractivity contribution in [1.29, 1.82) is 0 Å². The summed E-state index contributed by atoms with van der Waals surface area (Å²) >= 11 is 11.8. The Hall–Kier alpha value is -0.800. The number of pyridine rings is 1. The molecule has 0 aliphatic carbocycles. The molecule has 1 fully saturated rings. The van der Waals surface area contributed by atoms with Crippen LogP contribution in [0.25, 0.3) is 0 Å². The zero-order valence-corrected chi connectivity index (χ0v) is 11.1. The Morgan fingerprint density at radius 2 is 2.35 bits per heavy atom. The van der Waals surface area contributed by atoms with E-state index in [0.717, 1.165) is 25.8 Å². The molecule has 2 rings (SSSR count). The average molecular weight is 273 g/mol. The van der Waals surface area contributed by atoms with E-state index in [0.29, 0.717) is 21.8 Å². The second kappa shape index (κ2) is 5.23. The van der Waals surface area contributed by atoms with Crippen LogP contribution in [0.5, 0.6) is 0 Å². The Morgan fingerprint density at radius 3 is 3.06 bits per heavy atom. The number of hydrogen-bond donors (Lipinski definition) is 0. The van der Waals surface area contributed by atoms with Gasteiger partial charge in [0.25, 0.3) is 5.91 Å². The Bertz CT molecular complexity index is 437. The molecule has 1 atom stereocenters. The van der Waals surface area contributed by atoms with Crippen molar-refractivity contribution in [2.24, 2.45) is 0 Å². The first-order chi connectivity index (χ1) is 8.13. The van der Waals surface area contributed by atoms with Gasteiger partial charge in [-0.25, -0.2) is 4.98 Å². The minimum absolute atomic E-state index is 0.0383. The van der Waals surface area contributed by atoms with Crippen LogP contribution >= 0.6 is 23.2 Å². The number of likely N-dealkylation sites (tertiary alicyclic amines) is 1. The van der Waals surface area contributed by atoms with Gasteiger partial charge in [-0.2, -0.15) is 0 Å². The highest BCUT2D eigenvalue weighted by molar-refractivity contribution is 6.35. The van der Waals surface area contributed by atoms with Crippen molar-refractivity contribution in [3.8, 4) is 0 Å². The van der Waals surface area contributed by atoms with Crippen LogP contribution in [0.3, 0.4) is 0 Å². The van der Waals surface area contributed by atoms with Gasteiger partial charge in [0.1, 0.15) is 5.15 Å². The third-order valence-electron chi connectivity index (χ3n) is 3.16. The molecule has 3 nitrogen and oxygen atoms in total. The van der Waals surface area contributed by atoms with E-state index in [-0.39, 0.29) is 5.91 Å². The SMILES string of the molecule is CCC1CCCN1C(=O)c1cc(Cl)ncc1Cl. The zero-order valence-electron chi connectivity index (χ0n) is 9.62. The normalized spacial score (nSPS) is 19.7. The van der Waals surface area contributed by atoms with Crippen LogP contribution in [0.2, 0.25) is 10.2 Å². The maximum atomic E-state index is 12.3. The molecule has 0 N–H and O–H groups in total. The highest BCUT2D eigenvalue weighted by atomic mass is 35.5. The average Bonchev–Trinajstić information content (AvgIpc) is 2.79. The van der Waals surface area contributed by atoms with Crippen molar-refractivity contribution in [3.05, 3.63) is 28.0 Å². The smallest absolute Gasteiger partial charge is 0.255 e. The van der Waals surface area contributed by atoms with Crippen LogP contribution in [0, 0.1) is 0 Å². The number of amides is 1. The van der Waals surface area contributed by atoms with Gasteiger partial charge in [0.05, 0.1) is 10.6 Å². The molecule has 92 valence electrons. The van der Waals surface area contributed by atoms with Crippen LogP contribution in [0.15, 0.2) is 12.3 Å². The maximum absolute atomic E-state index is 12.3. The summed E-state index contributed by atoms with van der Waals surface area (Å²) in [5, 5.41) is 0.658. The van der Waals surface area contributed by atoms with Gasteiger partial charge in [0, 0.05) is 18.8 Å². The Labute approximate surface area is 111 Å². The molecule has 0 radical (unpaired) electrons. The van der Waals surface area contributed by atoms with E-state index in [9.17, 15) is 4.79 Å². The van der Waals surface area contributed by atoms with E-state index in [2.05, 4.69) is 11.9 Å². The number of halogens is 2. The molecule has 0 aromatic carbocycles. The van der Waals surface area contributed by atoms with Gasteiger partial charge in [-0.1, -0.05) is 30.1 Å². The second-order valence-corrected chi connectivity index (χ2v) is 4.98. The van der Waals surface area contributed by atoms with Crippen molar-refractivity contribution in [3.63, 3.8) is 0 Å². The third kappa shape index (κ3) is 2.55. The lowest BCUT2D eigenvalue weighted by Crippen LogP contribution is -2.35. The molecule has 1 unspecified atom stereocenters. The van der Waals surface area contributed by atoms with Gasteiger partial charge in [-0.15, -0.1) is 0 Å². The van der Waals surface area contributed by atoms with E-state index in [1.54, 1.807) is 0 Å². The monoisotopic (exact) mass is 272 g/mol. The lowest BCUT2D eigenvalue weighted by atomic mass is 10.1. The quantitative estimate of drug-likeness (QED) is 0.774. The van der Waals surface area contributed by atoms with E-state index >= 15 is 0 Å². The van der Waals surface area contributed by atoms with Crippen molar-refractivity contribution in [2.75, 3.05) is 6.54 Å². The minimum atomic E-state index is -0.0383. The number of carbonyl (C=O) groups is 1. The van der Waals surface area contributed by atoms with Crippen LogP contribution in [-0.4, -0.2) is 28.4 Å². The van der Waals surface area contributed by atoms with Gasteiger partial charge >= 0.3 is 0 Å². The Kier molecular flexibility index (Phi) is 3.89. The minimum Gasteiger partial charge on any atom is -0.336 e. The van der Waals surface area contributed by atoms with E-state index in [1.807, 2.05) is 4.90 Å². The fourth-order valence-electron chi connectivity index (χ4n) is 2.26. The summed E-state index contributed by atoms with van der Waals surface area (Å²) in [6, 6.07) is 1.86. The highest BCUT2D eigenvalue weighted by Crippen LogP contribution is 2.26. The number of nitrogens with zero attached hydrogens (tertiary/aromatic N) is 2. The molecular formula is C12H14Cl2N2O. The zero-order chi connectivity index (χ0) is 12.4. The maximum Gasteiger partial charge on any atom is 0.255 e. The van der Waals surface area contributed by atoms with Crippen LogP contribution < -0.4 is 0 Å². The lowest BCUT2D eigenvalue weighted by Gasteiger charge is -2.24. The van der Waals surface area contributed by atoms with Gasteiger partial charge in [-0.05, 0) is 25.3 Å². The number of rotatable bonds is 2. The molecule has 0 saturated carbocycles. The first kappa shape index (κ1) is 12.7. The second-order valence-electron chi connectivity index (χ2n) is 4.19. The largest absolute Gasteiger partial charge is 0.336 e. The molecule has 17 heavy (non-hydrogen) atoms. The molecule has 2 heterocycles. The first-order valence-electron chi connectivity index (χ1n) is 5.75. The Morgan fingerprint density at radius 1 is 1.59 bits per heavy atom. The Balaban J connectivity index is 2.27. The highest BCUT2D eigenvalue weighted by Gasteiger charge is 2.29. The van der Waals surface area contributed by atoms with E-state index in [4.69, 9.17) is 23.2 Å². The summed E-state index contributed by atoms with van der Waals surface area (Å²) in [7, 11) is 0. The van der Waals surface area contributed by atoms with Crippen molar-refractivity contribution >= 4 is 29.1 Å². The van der Waals surface area contributed by atoms with Crippen LogP contribution in [-0.2, 0) is 0 Å². The molecule has 5 heteroatoms. The predicted octanol–water partition coefficient (Wildman–Crippen LogP) is 3.40. The molecule has 0 spiro atoms. The van der Waals surface area contributed by atoms with Crippen LogP contribution in [0.4, 0.5) is 0 Å².